The SMILES string of the molecule is COCC(C)N(C)C(=O)c1ccccc1F. The van der Waals surface area contributed by atoms with Gasteiger partial charge in [-0.05, 0) is 19.1 Å². The number of amides is 1. The van der Waals surface area contributed by atoms with Crippen molar-refractivity contribution >= 4 is 5.91 Å². The molecule has 1 aromatic carbocycles. The molecule has 88 valence electrons. The molecule has 1 rings (SSSR count). The minimum Gasteiger partial charge on any atom is -0.383 e. The molecule has 0 aliphatic carbocycles. The number of rotatable bonds is 4. The van der Waals surface area contributed by atoms with Gasteiger partial charge in [-0.25, -0.2) is 4.39 Å². The van der Waals surface area contributed by atoms with Crippen LogP contribution < -0.4 is 0 Å². The van der Waals surface area contributed by atoms with Crippen LogP contribution in [-0.2, 0) is 4.74 Å². The molecular weight excluding hydrogens is 209 g/mol. The number of ether oxygens (including phenoxy) is 1. The number of halogens is 1. The molecule has 16 heavy (non-hydrogen) atoms. The average molecular weight is 225 g/mol. The van der Waals surface area contributed by atoms with Crippen molar-refractivity contribution in [3.05, 3.63) is 35.6 Å². The van der Waals surface area contributed by atoms with Crippen LogP contribution in [-0.4, -0.2) is 37.6 Å². The highest BCUT2D eigenvalue weighted by Crippen LogP contribution is 2.10. The standard InChI is InChI=1S/C12H16FNO2/c1-9(8-16-3)14(2)12(15)10-6-4-5-7-11(10)13/h4-7,9H,8H2,1-3H3. The first-order valence-corrected chi connectivity index (χ1v) is 5.08. The van der Waals surface area contributed by atoms with Crippen molar-refractivity contribution in [2.45, 2.75) is 13.0 Å². The molecule has 0 fully saturated rings. The van der Waals surface area contributed by atoms with Crippen molar-refractivity contribution < 1.29 is 13.9 Å². The van der Waals surface area contributed by atoms with Crippen molar-refractivity contribution in [3.63, 3.8) is 0 Å². The minimum atomic E-state index is -0.496. The van der Waals surface area contributed by atoms with Gasteiger partial charge >= 0.3 is 0 Å². The van der Waals surface area contributed by atoms with Crippen LogP contribution in [0.3, 0.4) is 0 Å². The Morgan fingerprint density at radius 2 is 2.12 bits per heavy atom. The number of likely N-dealkylation sites (N-methyl/N-ethyl adjacent to an activating group) is 1. The number of nitrogens with zero attached hydrogens (tertiary/aromatic N) is 1. The fourth-order valence-electron chi connectivity index (χ4n) is 1.38. The molecule has 0 aliphatic rings. The lowest BCUT2D eigenvalue weighted by molar-refractivity contribution is 0.0629. The van der Waals surface area contributed by atoms with Gasteiger partial charge in [0.25, 0.3) is 5.91 Å². The highest BCUT2D eigenvalue weighted by Gasteiger charge is 2.19. The Kier molecular flexibility index (Phi) is 4.43. The summed E-state index contributed by atoms with van der Waals surface area (Å²) in [5.74, 6) is -0.827. The summed E-state index contributed by atoms with van der Waals surface area (Å²) < 4.78 is 18.3. The summed E-state index contributed by atoms with van der Waals surface area (Å²) in [4.78, 5) is 13.4. The summed E-state index contributed by atoms with van der Waals surface area (Å²) in [5, 5.41) is 0. The first kappa shape index (κ1) is 12.6. The highest BCUT2D eigenvalue weighted by atomic mass is 19.1. The first-order chi connectivity index (χ1) is 7.57. The van der Waals surface area contributed by atoms with Crippen molar-refractivity contribution in [2.75, 3.05) is 20.8 Å². The van der Waals surface area contributed by atoms with Crippen molar-refractivity contribution in [2.24, 2.45) is 0 Å². The van der Waals surface area contributed by atoms with Gasteiger partial charge in [0.05, 0.1) is 18.2 Å². The van der Waals surface area contributed by atoms with E-state index in [0.717, 1.165) is 0 Å². The zero-order chi connectivity index (χ0) is 12.1. The molecule has 0 heterocycles. The van der Waals surface area contributed by atoms with Gasteiger partial charge in [0, 0.05) is 14.2 Å². The zero-order valence-corrected chi connectivity index (χ0v) is 9.74. The van der Waals surface area contributed by atoms with Crippen LogP contribution in [0.1, 0.15) is 17.3 Å². The molecule has 0 aliphatic heterocycles. The summed E-state index contributed by atoms with van der Waals surface area (Å²) in [6.07, 6.45) is 0. The number of carbonyl (C=O) groups is 1. The number of carbonyl (C=O) groups excluding carboxylic acids is 1. The zero-order valence-electron chi connectivity index (χ0n) is 9.74. The van der Waals surface area contributed by atoms with Gasteiger partial charge in [-0.1, -0.05) is 12.1 Å². The summed E-state index contributed by atoms with van der Waals surface area (Å²) in [6, 6.07) is 5.88. The normalized spacial score (nSPS) is 12.2. The third kappa shape index (κ3) is 2.79. The van der Waals surface area contributed by atoms with Gasteiger partial charge < -0.3 is 9.64 Å². The van der Waals surface area contributed by atoms with E-state index >= 15 is 0 Å². The molecule has 0 saturated carbocycles. The maximum Gasteiger partial charge on any atom is 0.256 e. The van der Waals surface area contributed by atoms with Crippen molar-refractivity contribution in [1.29, 1.82) is 0 Å². The fourth-order valence-corrected chi connectivity index (χ4v) is 1.38. The third-order valence-corrected chi connectivity index (χ3v) is 2.49. The summed E-state index contributed by atoms with van der Waals surface area (Å²) in [7, 11) is 3.20. The number of hydrogen-bond donors (Lipinski definition) is 0. The lowest BCUT2D eigenvalue weighted by atomic mass is 10.1. The number of methoxy groups -OCH3 is 1. The highest BCUT2D eigenvalue weighted by molar-refractivity contribution is 5.94. The molecule has 4 heteroatoms. The van der Waals surface area contributed by atoms with Crippen LogP contribution in [0.25, 0.3) is 0 Å². The molecule has 3 nitrogen and oxygen atoms in total. The lowest BCUT2D eigenvalue weighted by Gasteiger charge is -2.24. The van der Waals surface area contributed by atoms with E-state index in [2.05, 4.69) is 0 Å². The smallest absolute Gasteiger partial charge is 0.256 e. The minimum absolute atomic E-state index is 0.0860. The Bertz CT molecular complexity index is 368. The van der Waals surface area contributed by atoms with E-state index in [9.17, 15) is 9.18 Å². The quantitative estimate of drug-likeness (QED) is 0.783. The lowest BCUT2D eigenvalue weighted by Crippen LogP contribution is -2.38. The first-order valence-electron chi connectivity index (χ1n) is 5.08. The van der Waals surface area contributed by atoms with Crippen molar-refractivity contribution in [3.8, 4) is 0 Å². The van der Waals surface area contributed by atoms with E-state index < -0.39 is 5.82 Å². The third-order valence-electron chi connectivity index (χ3n) is 2.49. The van der Waals surface area contributed by atoms with E-state index in [-0.39, 0.29) is 17.5 Å². The van der Waals surface area contributed by atoms with Crippen LogP contribution in [0.2, 0.25) is 0 Å². The maximum atomic E-state index is 13.4. The molecule has 0 N–H and O–H groups in total. The Balaban J connectivity index is 2.82. The van der Waals surface area contributed by atoms with Gasteiger partial charge in [-0.2, -0.15) is 0 Å². The molecule has 0 saturated heterocycles. The van der Waals surface area contributed by atoms with Crippen molar-refractivity contribution in [1.82, 2.24) is 4.90 Å². The predicted molar refractivity (Wildman–Crippen MR) is 59.8 cm³/mol. The molecule has 0 aromatic heterocycles. The van der Waals surface area contributed by atoms with E-state index in [1.54, 1.807) is 26.3 Å². The largest absolute Gasteiger partial charge is 0.383 e. The van der Waals surface area contributed by atoms with Crippen LogP contribution in [0, 0.1) is 5.82 Å². The van der Waals surface area contributed by atoms with Gasteiger partial charge in [0.2, 0.25) is 0 Å². The Morgan fingerprint density at radius 3 is 2.69 bits per heavy atom. The number of hydrogen-bond acceptors (Lipinski definition) is 2. The van der Waals surface area contributed by atoms with Crippen LogP contribution in [0.4, 0.5) is 4.39 Å². The van der Waals surface area contributed by atoms with E-state index in [4.69, 9.17) is 4.74 Å². The van der Waals surface area contributed by atoms with Crippen LogP contribution >= 0.6 is 0 Å². The molecule has 1 atom stereocenters. The van der Waals surface area contributed by atoms with E-state index in [0.29, 0.717) is 6.61 Å². The van der Waals surface area contributed by atoms with Crippen LogP contribution in [0.15, 0.2) is 24.3 Å². The second-order valence-corrected chi connectivity index (χ2v) is 3.70. The second kappa shape index (κ2) is 5.61. The van der Waals surface area contributed by atoms with Crippen LogP contribution in [0.5, 0.6) is 0 Å². The molecule has 1 unspecified atom stereocenters. The summed E-state index contributed by atoms with van der Waals surface area (Å²) >= 11 is 0. The Morgan fingerprint density at radius 1 is 1.50 bits per heavy atom. The van der Waals surface area contributed by atoms with Gasteiger partial charge in [-0.3, -0.25) is 4.79 Å². The molecular formula is C12H16FNO2. The molecule has 0 radical (unpaired) electrons. The number of benzene rings is 1. The molecule has 0 spiro atoms. The van der Waals surface area contributed by atoms with E-state index in [1.165, 1.54) is 17.0 Å². The predicted octanol–water partition coefficient (Wildman–Crippen LogP) is 1.93. The van der Waals surface area contributed by atoms with Gasteiger partial charge in [0.1, 0.15) is 5.82 Å². The Labute approximate surface area is 94.8 Å². The molecule has 0 bridgehead atoms. The second-order valence-electron chi connectivity index (χ2n) is 3.70. The molecule has 1 aromatic rings. The summed E-state index contributed by atoms with van der Waals surface area (Å²) in [5.41, 5.74) is 0.0907. The molecule has 1 amide bonds. The fraction of sp³-hybridized carbons (Fsp3) is 0.417. The van der Waals surface area contributed by atoms with Gasteiger partial charge in [0.15, 0.2) is 0 Å². The average Bonchev–Trinajstić information content (AvgIpc) is 2.28. The van der Waals surface area contributed by atoms with E-state index in [1.807, 2.05) is 6.92 Å². The monoisotopic (exact) mass is 225 g/mol. The topological polar surface area (TPSA) is 29.5 Å². The summed E-state index contributed by atoms with van der Waals surface area (Å²) in [6.45, 7) is 2.28. The Hall–Kier alpha value is -1.42. The van der Waals surface area contributed by atoms with Gasteiger partial charge in [-0.15, -0.1) is 0 Å². The maximum absolute atomic E-state index is 13.4.